The van der Waals surface area contributed by atoms with Crippen molar-refractivity contribution in [1.29, 1.82) is 0 Å². The number of nitrogens with zero attached hydrogens (tertiary/aromatic N) is 2. The lowest BCUT2D eigenvalue weighted by Crippen LogP contribution is -2.48. The summed E-state index contributed by atoms with van der Waals surface area (Å²) in [5.41, 5.74) is 1.10. The second-order valence-electron chi connectivity index (χ2n) is 7.14. The van der Waals surface area contributed by atoms with Crippen LogP contribution in [0.2, 0.25) is 0 Å². The Labute approximate surface area is 186 Å². The van der Waals surface area contributed by atoms with E-state index in [0.717, 1.165) is 12.0 Å². The van der Waals surface area contributed by atoms with Gasteiger partial charge in [0.25, 0.3) is 0 Å². The molecule has 8 heteroatoms. The number of hydrogen-bond donors (Lipinski definition) is 0. The highest BCUT2D eigenvalue weighted by Gasteiger charge is 2.33. The first-order chi connectivity index (χ1) is 15.1. The lowest BCUT2D eigenvalue weighted by molar-refractivity contribution is -0.144. The second-order valence-corrected chi connectivity index (χ2v) is 8.14. The molecule has 3 rings (SSSR count). The predicted molar refractivity (Wildman–Crippen MR) is 120 cm³/mol. The van der Waals surface area contributed by atoms with E-state index >= 15 is 0 Å². The third-order valence-corrected chi connectivity index (χ3v) is 6.16. The lowest BCUT2D eigenvalue weighted by atomic mass is 10.0. The van der Waals surface area contributed by atoms with Crippen molar-refractivity contribution in [3.05, 3.63) is 58.8 Å². The van der Waals surface area contributed by atoms with Gasteiger partial charge in [-0.25, -0.2) is 0 Å². The van der Waals surface area contributed by atoms with Crippen LogP contribution in [0.15, 0.2) is 48.4 Å². The number of fused-ring (bicyclic) bond motifs is 1. The van der Waals surface area contributed by atoms with Crippen LogP contribution < -0.4 is 9.47 Å². The molecular formula is C23H28N2O5S. The normalized spacial score (nSPS) is 15.2. The molecule has 0 saturated carbocycles. The molecule has 2 aromatic rings. The maximum absolute atomic E-state index is 13.2. The predicted octanol–water partition coefficient (Wildman–Crippen LogP) is 2.92. The third-order valence-electron chi connectivity index (χ3n) is 5.16. The molecule has 0 fully saturated rings. The van der Waals surface area contributed by atoms with Crippen LogP contribution in [0.1, 0.15) is 16.5 Å². The molecule has 1 aromatic heterocycles. The van der Waals surface area contributed by atoms with Crippen LogP contribution in [0.25, 0.3) is 0 Å². The molecule has 0 radical (unpaired) electrons. The van der Waals surface area contributed by atoms with Crippen LogP contribution in [0, 0.1) is 0 Å². The monoisotopic (exact) mass is 444 g/mol. The largest absolute Gasteiger partial charge is 0.497 e. The number of hydrogen-bond acceptors (Lipinski definition) is 6. The summed E-state index contributed by atoms with van der Waals surface area (Å²) in [5.74, 6) is 1.02. The maximum Gasteiger partial charge on any atom is 0.249 e. The molecule has 0 unspecified atom stereocenters. The summed E-state index contributed by atoms with van der Waals surface area (Å²) in [5, 5.41) is 2.04. The minimum Gasteiger partial charge on any atom is -0.497 e. The molecular weight excluding hydrogens is 416 g/mol. The van der Waals surface area contributed by atoms with E-state index in [1.54, 1.807) is 24.5 Å². The van der Waals surface area contributed by atoms with E-state index in [1.807, 2.05) is 34.5 Å². The summed E-state index contributed by atoms with van der Waals surface area (Å²) < 4.78 is 16.2. The summed E-state index contributed by atoms with van der Waals surface area (Å²) in [6, 6.07) is 9.22. The Morgan fingerprint density at radius 3 is 2.84 bits per heavy atom. The average molecular weight is 445 g/mol. The molecule has 166 valence electrons. The van der Waals surface area contributed by atoms with E-state index in [9.17, 15) is 9.59 Å². The zero-order valence-electron chi connectivity index (χ0n) is 17.9. The fraction of sp³-hybridized carbons (Fsp3) is 0.391. The molecule has 0 saturated heterocycles. The Hall–Kier alpha value is -2.84. The molecule has 0 bridgehead atoms. The van der Waals surface area contributed by atoms with Gasteiger partial charge < -0.3 is 24.0 Å². The number of methoxy groups -OCH3 is 2. The van der Waals surface area contributed by atoms with Crippen molar-refractivity contribution in [2.45, 2.75) is 12.5 Å². The van der Waals surface area contributed by atoms with Crippen molar-refractivity contribution in [2.75, 3.05) is 47.1 Å². The zero-order valence-corrected chi connectivity index (χ0v) is 18.7. The first-order valence-electron chi connectivity index (χ1n) is 10.1. The molecule has 1 aliphatic heterocycles. The number of thiophene rings is 1. The highest BCUT2D eigenvalue weighted by atomic mass is 32.1. The number of ether oxygens (including phenoxy) is 3. The fourth-order valence-electron chi connectivity index (χ4n) is 3.62. The summed E-state index contributed by atoms with van der Waals surface area (Å²) in [4.78, 5) is 30.1. The summed E-state index contributed by atoms with van der Waals surface area (Å²) in [7, 11) is 3.07. The maximum atomic E-state index is 13.2. The fourth-order valence-corrected chi connectivity index (χ4v) is 4.55. The van der Waals surface area contributed by atoms with Crippen LogP contribution in [-0.4, -0.2) is 68.7 Å². The zero-order chi connectivity index (χ0) is 22.2. The minimum absolute atomic E-state index is 0.0245. The third kappa shape index (κ3) is 5.65. The van der Waals surface area contributed by atoms with E-state index < -0.39 is 0 Å². The first kappa shape index (κ1) is 22.8. The number of rotatable bonds is 10. The van der Waals surface area contributed by atoms with Crippen molar-refractivity contribution in [1.82, 2.24) is 9.80 Å². The molecule has 7 nitrogen and oxygen atoms in total. The standard InChI is InChI=1S/C23H28N2O5S/c1-4-10-24(23(27)16-28-2)14-22(26)25-11-8-21-19(9-12-31-21)20(25)15-30-18-7-5-6-17(13-18)29-3/h4-7,9,12-13,20H,1,8,10-11,14-16H2,2-3H3/t20-/m1/s1. The Morgan fingerprint density at radius 1 is 1.29 bits per heavy atom. The number of carbonyl (C=O) groups is 2. The molecule has 1 atom stereocenters. The van der Waals surface area contributed by atoms with E-state index in [0.29, 0.717) is 24.7 Å². The van der Waals surface area contributed by atoms with Gasteiger partial charge in [0.2, 0.25) is 11.8 Å². The van der Waals surface area contributed by atoms with Gasteiger partial charge in [-0.3, -0.25) is 9.59 Å². The Morgan fingerprint density at radius 2 is 2.10 bits per heavy atom. The van der Waals surface area contributed by atoms with Crippen molar-refractivity contribution < 1.29 is 23.8 Å². The van der Waals surface area contributed by atoms with Crippen molar-refractivity contribution in [3.63, 3.8) is 0 Å². The van der Waals surface area contributed by atoms with E-state index in [-0.39, 0.29) is 37.6 Å². The smallest absolute Gasteiger partial charge is 0.249 e. The molecule has 1 aromatic carbocycles. The summed E-state index contributed by atoms with van der Waals surface area (Å²) in [6.07, 6.45) is 2.40. The number of benzene rings is 1. The van der Waals surface area contributed by atoms with Crippen molar-refractivity contribution in [3.8, 4) is 11.5 Å². The molecule has 2 amide bonds. The van der Waals surface area contributed by atoms with E-state index in [2.05, 4.69) is 12.6 Å². The van der Waals surface area contributed by atoms with Gasteiger partial charge in [0.1, 0.15) is 31.3 Å². The van der Waals surface area contributed by atoms with Gasteiger partial charge in [-0.1, -0.05) is 12.1 Å². The van der Waals surface area contributed by atoms with Gasteiger partial charge in [0.05, 0.1) is 13.2 Å². The van der Waals surface area contributed by atoms with Gasteiger partial charge in [0.15, 0.2) is 0 Å². The van der Waals surface area contributed by atoms with Gasteiger partial charge >= 0.3 is 0 Å². The van der Waals surface area contributed by atoms with Crippen LogP contribution in [0.4, 0.5) is 0 Å². The molecule has 0 spiro atoms. The van der Waals surface area contributed by atoms with Crippen LogP contribution in [0.5, 0.6) is 11.5 Å². The minimum atomic E-state index is -0.242. The Bertz CT molecular complexity index is 913. The van der Waals surface area contributed by atoms with Crippen molar-refractivity contribution in [2.24, 2.45) is 0 Å². The number of amides is 2. The molecule has 0 N–H and O–H groups in total. The van der Waals surface area contributed by atoms with Gasteiger partial charge in [-0.2, -0.15) is 0 Å². The summed E-state index contributed by atoms with van der Waals surface area (Å²) in [6.45, 7) is 4.78. The molecule has 0 aliphatic carbocycles. The van der Waals surface area contributed by atoms with E-state index in [4.69, 9.17) is 14.2 Å². The quantitative estimate of drug-likeness (QED) is 0.527. The topological polar surface area (TPSA) is 68.3 Å². The van der Waals surface area contributed by atoms with Crippen LogP contribution >= 0.6 is 11.3 Å². The van der Waals surface area contributed by atoms with Gasteiger partial charge in [0, 0.05) is 31.1 Å². The Balaban J connectivity index is 1.76. The highest BCUT2D eigenvalue weighted by molar-refractivity contribution is 7.10. The van der Waals surface area contributed by atoms with Crippen LogP contribution in [-0.2, 0) is 20.7 Å². The van der Waals surface area contributed by atoms with Crippen molar-refractivity contribution >= 4 is 23.2 Å². The Kier molecular flexibility index (Phi) is 8.08. The van der Waals surface area contributed by atoms with Gasteiger partial charge in [-0.15, -0.1) is 17.9 Å². The molecule has 2 heterocycles. The lowest BCUT2D eigenvalue weighted by Gasteiger charge is -2.37. The van der Waals surface area contributed by atoms with E-state index in [1.165, 1.54) is 16.9 Å². The first-order valence-corrected chi connectivity index (χ1v) is 11.0. The molecule has 31 heavy (non-hydrogen) atoms. The van der Waals surface area contributed by atoms with Crippen LogP contribution in [0.3, 0.4) is 0 Å². The summed E-state index contributed by atoms with van der Waals surface area (Å²) >= 11 is 1.70. The highest BCUT2D eigenvalue weighted by Crippen LogP contribution is 2.34. The second kappa shape index (κ2) is 11.0. The number of carbonyl (C=O) groups excluding carboxylic acids is 2. The SMILES string of the molecule is C=CCN(CC(=O)N1CCc2sccc2[C@H]1COc1cccc(OC)c1)C(=O)COC. The molecule has 1 aliphatic rings. The average Bonchev–Trinajstić information content (AvgIpc) is 3.26. The van der Waals surface area contributed by atoms with Gasteiger partial charge in [-0.05, 0) is 35.6 Å².